The summed E-state index contributed by atoms with van der Waals surface area (Å²) in [6.07, 6.45) is -3.67. The average Bonchev–Trinajstić information content (AvgIpc) is 2.44. The second-order valence-electron chi connectivity index (χ2n) is 7.32. The van der Waals surface area contributed by atoms with Crippen molar-refractivity contribution in [3.63, 3.8) is 0 Å². The molecular weight excluding hydrogens is 288 g/mol. The Morgan fingerprint density at radius 3 is 2.27 bits per heavy atom. The summed E-state index contributed by atoms with van der Waals surface area (Å²) < 4.78 is 5.55. The van der Waals surface area contributed by atoms with Gasteiger partial charge < -0.3 is 25.2 Å². The van der Waals surface area contributed by atoms with Crippen molar-refractivity contribution in [3.05, 3.63) is 0 Å². The molecule has 1 saturated carbocycles. The minimum absolute atomic E-state index is 0.0113. The number of hydrogen-bond donors (Lipinski definition) is 4. The van der Waals surface area contributed by atoms with Crippen LogP contribution in [-0.2, 0) is 9.53 Å². The van der Waals surface area contributed by atoms with E-state index in [1.54, 1.807) is 0 Å². The molecule has 0 spiro atoms. The summed E-state index contributed by atoms with van der Waals surface area (Å²) in [5, 5.41) is 39.3. The van der Waals surface area contributed by atoms with Crippen LogP contribution in [0.25, 0.3) is 0 Å². The van der Waals surface area contributed by atoms with Gasteiger partial charge in [0.1, 0.15) is 18.3 Å². The molecule has 1 saturated heterocycles. The zero-order valence-corrected chi connectivity index (χ0v) is 13.4. The second kappa shape index (κ2) is 6.83. The Balaban J connectivity index is 2.24. The molecule has 6 heteroatoms. The maximum Gasteiger partial charge on any atom is 0.335 e. The van der Waals surface area contributed by atoms with Crippen molar-refractivity contribution in [3.8, 4) is 0 Å². The van der Waals surface area contributed by atoms with Crippen LogP contribution in [0.3, 0.4) is 0 Å². The molecule has 4 N–H and O–H groups in total. The van der Waals surface area contributed by atoms with E-state index in [0.717, 1.165) is 19.3 Å². The van der Waals surface area contributed by atoms with E-state index in [9.17, 15) is 25.2 Å². The van der Waals surface area contributed by atoms with Crippen LogP contribution in [0.4, 0.5) is 0 Å². The molecule has 22 heavy (non-hydrogen) atoms. The lowest BCUT2D eigenvalue weighted by Gasteiger charge is -2.47. The Hall–Kier alpha value is -0.690. The Kier molecular flexibility index (Phi) is 5.48. The monoisotopic (exact) mass is 316 g/mol. The number of aliphatic hydroxyl groups excluding tert-OH is 3. The smallest absolute Gasteiger partial charge is 0.335 e. The van der Waals surface area contributed by atoms with Crippen molar-refractivity contribution in [1.29, 1.82) is 0 Å². The Morgan fingerprint density at radius 2 is 1.73 bits per heavy atom. The van der Waals surface area contributed by atoms with Crippen molar-refractivity contribution in [2.24, 2.45) is 23.7 Å². The third-order valence-electron chi connectivity index (χ3n) is 5.39. The van der Waals surface area contributed by atoms with Crippen LogP contribution in [0.1, 0.15) is 40.0 Å². The van der Waals surface area contributed by atoms with Gasteiger partial charge in [0.05, 0.1) is 6.10 Å². The van der Waals surface area contributed by atoms with Crippen LogP contribution in [0.15, 0.2) is 0 Å². The molecule has 2 rings (SSSR count). The number of aliphatic hydroxyl groups is 3. The van der Waals surface area contributed by atoms with Gasteiger partial charge >= 0.3 is 5.97 Å². The van der Waals surface area contributed by atoms with E-state index in [2.05, 4.69) is 20.8 Å². The van der Waals surface area contributed by atoms with Crippen molar-refractivity contribution < 1.29 is 30.0 Å². The van der Waals surface area contributed by atoms with Crippen LogP contribution in [-0.4, -0.2) is 56.9 Å². The first kappa shape index (κ1) is 17.7. The van der Waals surface area contributed by atoms with Gasteiger partial charge in [-0.25, -0.2) is 4.79 Å². The third kappa shape index (κ3) is 3.30. The lowest BCUT2D eigenvalue weighted by atomic mass is 9.66. The molecule has 8 atom stereocenters. The predicted octanol–water partition coefficient (Wildman–Crippen LogP) is 0.629. The Morgan fingerprint density at radius 1 is 1.09 bits per heavy atom. The molecule has 1 aliphatic carbocycles. The Labute approximate surface area is 131 Å². The highest BCUT2D eigenvalue weighted by molar-refractivity contribution is 5.73. The lowest BCUT2D eigenvalue weighted by Crippen LogP contribution is -2.62. The summed E-state index contributed by atoms with van der Waals surface area (Å²) in [5.41, 5.74) is 0. The number of ether oxygens (including phenoxy) is 1. The van der Waals surface area contributed by atoms with Crippen molar-refractivity contribution in [2.45, 2.75) is 70.6 Å². The van der Waals surface area contributed by atoms with Crippen molar-refractivity contribution in [1.82, 2.24) is 0 Å². The fourth-order valence-electron chi connectivity index (χ4n) is 4.12. The standard InChI is InChI=1S/C16H28O6/c1-7(2)9-5-4-8(3)6-10(9)14-12(18)11(17)13(19)15(22-14)16(20)21/h7-15,17-19H,4-6H2,1-3H3,(H,20,21)/t8?,9?,10?,11-,12-,13+,14+,15+/m1/s1. The first-order valence-corrected chi connectivity index (χ1v) is 8.16. The largest absolute Gasteiger partial charge is 0.479 e. The fraction of sp³-hybridized carbons (Fsp3) is 0.938. The molecule has 128 valence electrons. The SMILES string of the molecule is CC1CCC(C(C)C)C([C@@H]2O[C@H](C(=O)O)[C@@H](O)[C@H](O)[C@H]2O)C1. The number of carboxylic acids is 1. The minimum Gasteiger partial charge on any atom is -0.479 e. The molecule has 3 unspecified atom stereocenters. The molecule has 2 aliphatic rings. The maximum atomic E-state index is 11.2. The van der Waals surface area contributed by atoms with Crippen molar-refractivity contribution in [2.75, 3.05) is 0 Å². The number of aliphatic carboxylic acids is 1. The van der Waals surface area contributed by atoms with E-state index in [-0.39, 0.29) is 5.92 Å². The van der Waals surface area contributed by atoms with E-state index in [1.165, 1.54) is 0 Å². The van der Waals surface area contributed by atoms with Gasteiger partial charge in [-0.15, -0.1) is 0 Å². The molecule has 2 fully saturated rings. The molecule has 6 nitrogen and oxygen atoms in total. The summed E-state index contributed by atoms with van der Waals surface area (Å²) in [4.78, 5) is 11.2. The second-order valence-corrected chi connectivity index (χ2v) is 7.32. The van der Waals surface area contributed by atoms with Gasteiger partial charge in [0.2, 0.25) is 0 Å². The fourth-order valence-corrected chi connectivity index (χ4v) is 4.12. The highest BCUT2D eigenvalue weighted by atomic mass is 16.6. The molecule has 1 heterocycles. The molecule has 0 aromatic heterocycles. The topological polar surface area (TPSA) is 107 Å². The van der Waals surface area contributed by atoms with Crippen LogP contribution in [0, 0.1) is 23.7 Å². The van der Waals surface area contributed by atoms with Crippen LogP contribution in [0.5, 0.6) is 0 Å². The van der Waals surface area contributed by atoms with Gasteiger partial charge in [-0.3, -0.25) is 0 Å². The van der Waals surface area contributed by atoms with Crippen LogP contribution in [0.2, 0.25) is 0 Å². The zero-order chi connectivity index (χ0) is 16.6. The highest BCUT2D eigenvalue weighted by Crippen LogP contribution is 2.43. The van der Waals surface area contributed by atoms with Gasteiger partial charge in [0.15, 0.2) is 6.10 Å². The average molecular weight is 316 g/mol. The summed E-state index contributed by atoms with van der Waals surface area (Å²) in [6.45, 7) is 6.37. The first-order valence-electron chi connectivity index (χ1n) is 8.16. The van der Waals surface area contributed by atoms with E-state index in [0.29, 0.717) is 17.8 Å². The van der Waals surface area contributed by atoms with E-state index in [4.69, 9.17) is 4.74 Å². The van der Waals surface area contributed by atoms with E-state index in [1.807, 2.05) is 0 Å². The van der Waals surface area contributed by atoms with Crippen molar-refractivity contribution >= 4 is 5.97 Å². The predicted molar refractivity (Wildman–Crippen MR) is 79.2 cm³/mol. The van der Waals surface area contributed by atoms with Gasteiger partial charge in [-0.2, -0.15) is 0 Å². The lowest BCUT2D eigenvalue weighted by molar-refractivity contribution is -0.245. The Bertz CT molecular complexity index is 398. The molecule has 0 aromatic carbocycles. The van der Waals surface area contributed by atoms with E-state index >= 15 is 0 Å². The van der Waals surface area contributed by atoms with Crippen LogP contribution < -0.4 is 0 Å². The third-order valence-corrected chi connectivity index (χ3v) is 5.39. The highest BCUT2D eigenvalue weighted by Gasteiger charge is 2.51. The number of carboxylic acid groups (broad SMARTS) is 1. The number of hydrogen-bond acceptors (Lipinski definition) is 5. The molecule has 0 amide bonds. The first-order chi connectivity index (χ1) is 10.2. The summed E-state index contributed by atoms with van der Waals surface area (Å²) in [5.74, 6) is -0.146. The maximum absolute atomic E-state index is 11.2. The summed E-state index contributed by atoms with van der Waals surface area (Å²) in [6, 6.07) is 0. The van der Waals surface area contributed by atoms with Crippen LogP contribution >= 0.6 is 0 Å². The van der Waals surface area contributed by atoms with Gasteiger partial charge in [-0.1, -0.05) is 27.2 Å². The quantitative estimate of drug-likeness (QED) is 0.608. The normalized spacial score (nSPS) is 46.7. The van der Waals surface area contributed by atoms with Gasteiger partial charge in [0, 0.05) is 0 Å². The molecular formula is C16H28O6. The molecule has 1 aliphatic heterocycles. The summed E-state index contributed by atoms with van der Waals surface area (Å²) >= 11 is 0. The minimum atomic E-state index is -1.61. The molecule has 0 bridgehead atoms. The molecule has 0 radical (unpaired) electrons. The van der Waals surface area contributed by atoms with E-state index < -0.39 is 36.5 Å². The number of carbonyl (C=O) groups is 1. The molecule has 0 aromatic rings. The summed E-state index contributed by atoms with van der Waals surface area (Å²) in [7, 11) is 0. The van der Waals surface area contributed by atoms with Gasteiger partial charge in [0.25, 0.3) is 0 Å². The number of rotatable bonds is 3. The van der Waals surface area contributed by atoms with Gasteiger partial charge in [-0.05, 0) is 36.5 Å². The zero-order valence-electron chi connectivity index (χ0n) is 13.4.